The number of anilines is 1. The van der Waals surface area contributed by atoms with Crippen molar-refractivity contribution in [3.05, 3.63) is 66.1 Å². The van der Waals surface area contributed by atoms with Crippen molar-refractivity contribution >= 4 is 23.5 Å². The van der Waals surface area contributed by atoms with Crippen molar-refractivity contribution in [3.8, 4) is 11.1 Å². The van der Waals surface area contributed by atoms with E-state index in [0.29, 0.717) is 36.1 Å². The number of carbonyl (C=O) groups excluding carboxylic acids is 2. The molecule has 6 rings (SSSR count). The number of hydrogen-bond acceptors (Lipinski definition) is 6. The highest BCUT2D eigenvalue weighted by atomic mass is 19.1. The van der Waals surface area contributed by atoms with Crippen LogP contribution in [-0.2, 0) is 11.2 Å². The fraction of sp³-hybridized carbons (Fsp3) is 0.514. The zero-order chi connectivity index (χ0) is 30.8. The molecule has 2 aromatic rings. The summed E-state index contributed by atoms with van der Waals surface area (Å²) in [6, 6.07) is 17.3. The molecule has 2 N–H and O–H groups in total. The van der Waals surface area contributed by atoms with Gasteiger partial charge in [0.05, 0.1) is 17.8 Å². The Labute approximate surface area is 260 Å². The van der Waals surface area contributed by atoms with Crippen LogP contribution in [0.5, 0.6) is 0 Å². The number of benzene rings is 2. The predicted molar refractivity (Wildman–Crippen MR) is 173 cm³/mol. The number of allylic oxidation sites excluding steroid dienone is 1. The van der Waals surface area contributed by atoms with Crippen LogP contribution < -0.4 is 15.5 Å². The highest BCUT2D eigenvalue weighted by Crippen LogP contribution is 2.36. The molecule has 3 heterocycles. The highest BCUT2D eigenvalue weighted by molar-refractivity contribution is 6.29. The highest BCUT2D eigenvalue weighted by Gasteiger charge is 2.48. The lowest BCUT2D eigenvalue weighted by Crippen LogP contribution is -2.63. The molecule has 1 aliphatic carbocycles. The summed E-state index contributed by atoms with van der Waals surface area (Å²) in [6.07, 6.45) is 5.89. The van der Waals surface area contributed by atoms with Gasteiger partial charge in [0, 0.05) is 50.2 Å². The molecule has 3 unspecified atom stereocenters. The minimum absolute atomic E-state index is 0.130. The molecule has 3 amide bonds. The number of hydrogen-bond donors (Lipinski definition) is 2. The molecular formula is C35H45FN6O2. The lowest BCUT2D eigenvalue weighted by molar-refractivity contribution is -0.133. The van der Waals surface area contributed by atoms with Gasteiger partial charge in [0.1, 0.15) is 11.7 Å². The van der Waals surface area contributed by atoms with Crippen LogP contribution in [0.25, 0.3) is 11.1 Å². The van der Waals surface area contributed by atoms with Crippen LogP contribution in [0.2, 0.25) is 0 Å². The smallest absolute Gasteiger partial charge is 0.317 e. The minimum Gasteiger partial charge on any atom is -0.317 e. The van der Waals surface area contributed by atoms with E-state index < -0.39 is 11.9 Å². The fourth-order valence-corrected chi connectivity index (χ4v) is 7.42. The largest absolute Gasteiger partial charge is 0.337 e. The number of carbonyl (C=O) groups is 2. The van der Waals surface area contributed by atoms with E-state index in [1.54, 1.807) is 4.90 Å². The van der Waals surface area contributed by atoms with E-state index in [4.69, 9.17) is 0 Å². The Balaban J connectivity index is 1.24. The monoisotopic (exact) mass is 600 g/mol. The molecule has 1 saturated carbocycles. The molecule has 4 aliphatic rings. The van der Waals surface area contributed by atoms with E-state index >= 15 is 0 Å². The molecular weight excluding hydrogens is 555 g/mol. The average molecular weight is 601 g/mol. The number of fused-ring (bicyclic) bond motifs is 1. The van der Waals surface area contributed by atoms with Gasteiger partial charge in [-0.2, -0.15) is 0 Å². The summed E-state index contributed by atoms with van der Waals surface area (Å²) in [5.74, 6) is -0.971. The summed E-state index contributed by atoms with van der Waals surface area (Å²) in [4.78, 5) is 37.9. The van der Waals surface area contributed by atoms with Crippen LogP contribution in [0.3, 0.4) is 0 Å². The van der Waals surface area contributed by atoms with Gasteiger partial charge in [-0.3, -0.25) is 14.6 Å². The van der Waals surface area contributed by atoms with Crippen molar-refractivity contribution in [1.82, 2.24) is 20.4 Å². The standard InChI is InChI=1S/C35H45FN6O2/c1-23-21-40(22-24(2)39-23)18-17-25-7-9-26(10-8-25)27-5-4-6-31(19-27)41-33-32(16-11-28(36)20-38-33)34(43)42(35(41)44)30-14-12-29(37-3)13-15-30/h4-10,19-20,23-24,29-30,32,37,39H,11-18,21-22H2,1-3H3. The Kier molecular flexibility index (Phi) is 9.26. The van der Waals surface area contributed by atoms with E-state index in [9.17, 15) is 14.0 Å². The topological polar surface area (TPSA) is 80.3 Å². The molecule has 234 valence electrons. The maximum absolute atomic E-state index is 14.4. The second-order valence-corrected chi connectivity index (χ2v) is 13.0. The normalized spacial score (nSPS) is 28.3. The van der Waals surface area contributed by atoms with Gasteiger partial charge in [0.15, 0.2) is 0 Å². The Morgan fingerprint density at radius 1 is 0.955 bits per heavy atom. The number of piperazine rings is 1. The number of nitrogens with zero attached hydrogens (tertiary/aromatic N) is 4. The third kappa shape index (κ3) is 6.50. The van der Waals surface area contributed by atoms with E-state index in [2.05, 4.69) is 58.6 Å². The summed E-state index contributed by atoms with van der Waals surface area (Å²) < 4.78 is 14.4. The Morgan fingerprint density at radius 2 is 1.68 bits per heavy atom. The summed E-state index contributed by atoms with van der Waals surface area (Å²) in [6.45, 7) is 7.65. The molecule has 2 aromatic carbocycles. The van der Waals surface area contributed by atoms with Gasteiger partial charge in [-0.15, -0.1) is 0 Å². The van der Waals surface area contributed by atoms with Crippen molar-refractivity contribution in [3.63, 3.8) is 0 Å². The number of rotatable bonds is 7. The summed E-state index contributed by atoms with van der Waals surface area (Å²) in [5, 5.41) is 6.92. The second kappa shape index (κ2) is 13.3. The Hall–Kier alpha value is -3.40. The molecule has 0 spiro atoms. The van der Waals surface area contributed by atoms with E-state index in [0.717, 1.165) is 62.9 Å². The van der Waals surface area contributed by atoms with Gasteiger partial charge in [-0.1, -0.05) is 36.4 Å². The molecule has 2 saturated heterocycles. The average Bonchev–Trinajstić information content (AvgIpc) is 3.22. The van der Waals surface area contributed by atoms with Crippen LogP contribution >= 0.6 is 0 Å². The maximum atomic E-state index is 14.4. The first-order chi connectivity index (χ1) is 21.3. The number of halogens is 1. The van der Waals surface area contributed by atoms with E-state index in [1.807, 2.05) is 31.3 Å². The Bertz CT molecular complexity index is 1410. The first kappa shape index (κ1) is 30.6. The van der Waals surface area contributed by atoms with Crippen LogP contribution in [0.4, 0.5) is 14.9 Å². The Morgan fingerprint density at radius 3 is 2.39 bits per heavy atom. The third-order valence-electron chi connectivity index (χ3n) is 9.69. The van der Waals surface area contributed by atoms with Crippen molar-refractivity contribution in [2.24, 2.45) is 10.9 Å². The molecule has 9 heteroatoms. The molecule has 3 aliphatic heterocycles. The van der Waals surface area contributed by atoms with Gasteiger partial charge in [-0.05, 0) is 88.2 Å². The predicted octanol–water partition coefficient (Wildman–Crippen LogP) is 5.50. The lowest BCUT2D eigenvalue weighted by Gasteiger charge is -2.44. The van der Waals surface area contributed by atoms with Crippen molar-refractivity contribution < 1.29 is 14.0 Å². The number of amidine groups is 1. The zero-order valence-electron chi connectivity index (χ0n) is 26.1. The van der Waals surface area contributed by atoms with Crippen LogP contribution in [0, 0.1) is 5.92 Å². The molecule has 0 radical (unpaired) electrons. The molecule has 3 fully saturated rings. The molecule has 0 aromatic heterocycles. The number of amides is 3. The molecule has 0 bridgehead atoms. The van der Waals surface area contributed by atoms with Gasteiger partial charge in [0.2, 0.25) is 5.91 Å². The number of imide groups is 1. The van der Waals surface area contributed by atoms with Crippen molar-refractivity contribution in [2.75, 3.05) is 31.6 Å². The quantitative estimate of drug-likeness (QED) is 0.439. The summed E-state index contributed by atoms with van der Waals surface area (Å²) in [5.41, 5.74) is 3.95. The molecule has 8 nitrogen and oxygen atoms in total. The number of urea groups is 1. The second-order valence-electron chi connectivity index (χ2n) is 13.0. The lowest BCUT2D eigenvalue weighted by atomic mass is 9.88. The van der Waals surface area contributed by atoms with Gasteiger partial charge in [-0.25, -0.2) is 19.1 Å². The number of nitrogens with one attached hydrogen (secondary N) is 2. The fourth-order valence-electron chi connectivity index (χ4n) is 7.42. The minimum atomic E-state index is -0.663. The molecule has 3 atom stereocenters. The SMILES string of the molecule is CNC1CCC(N2C(=O)C3CCC(F)=CN=C3N(c3cccc(-c4ccc(CCN5CC(C)NC(C)C5)cc4)c3)C2=O)CC1. The van der Waals surface area contributed by atoms with Crippen LogP contribution in [-0.4, -0.2) is 78.4 Å². The van der Waals surface area contributed by atoms with E-state index in [1.165, 1.54) is 16.7 Å². The van der Waals surface area contributed by atoms with Gasteiger partial charge < -0.3 is 10.6 Å². The van der Waals surface area contributed by atoms with Crippen LogP contribution in [0.15, 0.2) is 65.6 Å². The van der Waals surface area contributed by atoms with Crippen molar-refractivity contribution in [1.29, 1.82) is 0 Å². The van der Waals surface area contributed by atoms with Gasteiger partial charge in [0.25, 0.3) is 0 Å². The molecule has 44 heavy (non-hydrogen) atoms. The maximum Gasteiger partial charge on any atom is 0.337 e. The number of aliphatic imine (C=N–C) groups is 1. The first-order valence-electron chi connectivity index (χ1n) is 16.2. The summed E-state index contributed by atoms with van der Waals surface area (Å²) >= 11 is 0. The van der Waals surface area contributed by atoms with E-state index in [-0.39, 0.29) is 24.2 Å². The van der Waals surface area contributed by atoms with Crippen LogP contribution in [0.1, 0.15) is 57.9 Å². The third-order valence-corrected chi connectivity index (χ3v) is 9.69. The van der Waals surface area contributed by atoms with Crippen molar-refractivity contribution in [2.45, 2.75) is 83.0 Å². The zero-order valence-corrected chi connectivity index (χ0v) is 26.1. The van der Waals surface area contributed by atoms with Gasteiger partial charge >= 0.3 is 6.03 Å². The first-order valence-corrected chi connectivity index (χ1v) is 16.2. The summed E-state index contributed by atoms with van der Waals surface area (Å²) in [7, 11) is 1.95.